The van der Waals surface area contributed by atoms with Crippen LogP contribution in [0.15, 0.2) is 15.4 Å². The highest BCUT2D eigenvalue weighted by molar-refractivity contribution is 5.86. The first-order valence-corrected chi connectivity index (χ1v) is 12.0. The topological polar surface area (TPSA) is 145 Å². The van der Waals surface area contributed by atoms with Gasteiger partial charge in [-0.05, 0) is 81.0 Å². The van der Waals surface area contributed by atoms with Crippen LogP contribution in [-0.4, -0.2) is 41.7 Å². The van der Waals surface area contributed by atoms with Gasteiger partial charge in [-0.2, -0.15) is 5.10 Å². The van der Waals surface area contributed by atoms with Crippen LogP contribution in [0.3, 0.4) is 0 Å². The zero-order valence-corrected chi connectivity index (χ0v) is 19.1. The summed E-state index contributed by atoms with van der Waals surface area (Å²) in [6.45, 7) is 5.64. The molecule has 8 nitrogen and oxygen atoms in total. The molecule has 0 radical (unpaired) electrons. The van der Waals surface area contributed by atoms with Gasteiger partial charge in [0.15, 0.2) is 0 Å². The summed E-state index contributed by atoms with van der Waals surface area (Å²) < 4.78 is 0. The van der Waals surface area contributed by atoms with Gasteiger partial charge in [-0.15, -0.1) is 5.10 Å². The van der Waals surface area contributed by atoms with E-state index >= 15 is 0 Å². The van der Waals surface area contributed by atoms with Crippen LogP contribution < -0.4 is 17.2 Å². The van der Waals surface area contributed by atoms with E-state index in [1.54, 1.807) is 0 Å². The quantitative estimate of drug-likeness (QED) is 0.228. The molecule has 8 heteroatoms. The number of rotatable bonds is 5. The number of nitrogens with zero attached hydrogens (tertiary/aromatic N) is 3. The standard InChI is InChI=1S/C23H40N6O2/c1-21-8-6-17(28-29-20(25)26)13-15(21)3-4-19-18(21)7-9-22(2)16(5-10-23(19,22)30)14-27-31-12-11-24/h14-16,18-19,30H,3-13,24H2,1-2H3,(H4,25,26,29)/b27-14+,28-17?/t15-,16-,18+,19-,21+,22-,23+/m1/s1. The first kappa shape index (κ1) is 22.5. The number of hydrogen-bond donors (Lipinski definition) is 4. The van der Waals surface area contributed by atoms with Gasteiger partial charge in [-0.25, -0.2) is 0 Å². The molecule has 0 aromatic carbocycles. The second kappa shape index (κ2) is 8.35. The van der Waals surface area contributed by atoms with Crippen molar-refractivity contribution in [3.63, 3.8) is 0 Å². The summed E-state index contributed by atoms with van der Waals surface area (Å²) in [5, 5.41) is 24.5. The molecule has 0 unspecified atom stereocenters. The van der Waals surface area contributed by atoms with Gasteiger partial charge in [-0.1, -0.05) is 19.0 Å². The van der Waals surface area contributed by atoms with E-state index in [-0.39, 0.29) is 22.7 Å². The number of aliphatic hydroxyl groups is 1. The van der Waals surface area contributed by atoms with Gasteiger partial charge in [-0.3, -0.25) is 0 Å². The fourth-order valence-electron chi connectivity index (χ4n) is 7.75. The molecular weight excluding hydrogens is 392 g/mol. The summed E-state index contributed by atoms with van der Waals surface area (Å²) in [5.41, 5.74) is 17.0. The van der Waals surface area contributed by atoms with Gasteiger partial charge in [0, 0.05) is 29.8 Å². The van der Waals surface area contributed by atoms with Crippen LogP contribution in [-0.2, 0) is 4.84 Å². The van der Waals surface area contributed by atoms with Crippen LogP contribution in [0.25, 0.3) is 0 Å². The Balaban J connectivity index is 1.52. The Kier molecular flexibility index (Phi) is 6.07. The average molecular weight is 433 g/mol. The molecule has 31 heavy (non-hydrogen) atoms. The van der Waals surface area contributed by atoms with E-state index in [4.69, 9.17) is 22.0 Å². The molecule has 4 saturated carbocycles. The normalized spacial score (nSPS) is 45.7. The van der Waals surface area contributed by atoms with E-state index in [0.29, 0.717) is 30.9 Å². The summed E-state index contributed by atoms with van der Waals surface area (Å²) in [6, 6.07) is 0. The Hall–Kier alpha value is -1.67. The molecule has 4 aliphatic rings. The van der Waals surface area contributed by atoms with Gasteiger partial charge in [0.05, 0.1) is 5.60 Å². The summed E-state index contributed by atoms with van der Waals surface area (Å²) >= 11 is 0. The van der Waals surface area contributed by atoms with Gasteiger partial charge in [0.2, 0.25) is 5.96 Å². The SMILES string of the molecule is C[C@]12CCC(=NN=C(N)N)C[C@H]1CC[C@@H]1[C@@H]2CC[C@]2(C)[C@@H](/C=N/OCCN)CC[C@]12O. The van der Waals surface area contributed by atoms with Crippen LogP contribution in [0, 0.1) is 34.5 Å². The molecular formula is C23H40N6O2. The lowest BCUT2D eigenvalue weighted by atomic mass is 9.43. The number of guanidine groups is 1. The van der Waals surface area contributed by atoms with Crippen molar-refractivity contribution in [2.75, 3.05) is 13.2 Å². The number of nitrogens with two attached hydrogens (primary N) is 3. The minimum absolute atomic E-state index is 0.0195. The van der Waals surface area contributed by atoms with Gasteiger partial charge >= 0.3 is 0 Å². The molecule has 4 rings (SSSR count). The second-order valence-corrected chi connectivity index (χ2v) is 10.8. The summed E-state index contributed by atoms with van der Waals surface area (Å²) in [6.07, 6.45) is 11.2. The minimum atomic E-state index is -0.624. The van der Waals surface area contributed by atoms with Crippen molar-refractivity contribution in [1.82, 2.24) is 0 Å². The minimum Gasteiger partial charge on any atom is -0.395 e. The van der Waals surface area contributed by atoms with Crippen molar-refractivity contribution >= 4 is 17.9 Å². The van der Waals surface area contributed by atoms with Gasteiger partial charge in [0.25, 0.3) is 0 Å². The lowest BCUT2D eigenvalue weighted by Crippen LogP contribution is -2.62. The zero-order chi connectivity index (χ0) is 22.3. The highest BCUT2D eigenvalue weighted by atomic mass is 16.6. The highest BCUT2D eigenvalue weighted by Gasteiger charge is 2.66. The molecule has 174 valence electrons. The molecule has 0 amide bonds. The molecule has 0 aliphatic heterocycles. The largest absolute Gasteiger partial charge is 0.395 e. The molecule has 4 fully saturated rings. The number of fused-ring (bicyclic) bond motifs is 5. The van der Waals surface area contributed by atoms with E-state index in [0.717, 1.165) is 57.1 Å². The summed E-state index contributed by atoms with van der Waals surface area (Å²) in [4.78, 5) is 5.27. The van der Waals surface area contributed by atoms with E-state index in [2.05, 4.69) is 29.2 Å². The zero-order valence-electron chi connectivity index (χ0n) is 19.1. The number of oxime groups is 1. The Labute approximate surface area is 185 Å². The third-order valence-corrected chi connectivity index (χ3v) is 9.59. The monoisotopic (exact) mass is 432 g/mol. The predicted octanol–water partition coefficient (Wildman–Crippen LogP) is 2.35. The van der Waals surface area contributed by atoms with E-state index < -0.39 is 5.60 Å². The predicted molar refractivity (Wildman–Crippen MR) is 123 cm³/mol. The molecule has 0 bridgehead atoms. The molecule has 0 saturated heterocycles. The van der Waals surface area contributed by atoms with Crippen LogP contribution in [0.4, 0.5) is 0 Å². The highest BCUT2D eigenvalue weighted by Crippen LogP contribution is 2.68. The van der Waals surface area contributed by atoms with Crippen molar-refractivity contribution in [1.29, 1.82) is 0 Å². The Morgan fingerprint density at radius 3 is 2.68 bits per heavy atom. The van der Waals surface area contributed by atoms with E-state index in [1.807, 2.05) is 6.21 Å². The molecule has 4 aliphatic carbocycles. The van der Waals surface area contributed by atoms with Gasteiger partial charge < -0.3 is 27.1 Å². The summed E-state index contributed by atoms with van der Waals surface area (Å²) in [7, 11) is 0. The first-order valence-electron chi connectivity index (χ1n) is 12.0. The number of hydrogen-bond acceptors (Lipinski definition) is 6. The van der Waals surface area contributed by atoms with Crippen molar-refractivity contribution in [3.8, 4) is 0 Å². The Bertz CT molecular complexity index is 765. The lowest BCUT2D eigenvalue weighted by molar-refractivity contribution is -0.198. The Morgan fingerprint density at radius 1 is 1.13 bits per heavy atom. The van der Waals surface area contributed by atoms with Crippen LogP contribution in [0.1, 0.15) is 71.6 Å². The van der Waals surface area contributed by atoms with E-state index in [9.17, 15) is 5.11 Å². The van der Waals surface area contributed by atoms with Gasteiger partial charge in [0.1, 0.15) is 6.61 Å². The fourth-order valence-corrected chi connectivity index (χ4v) is 7.75. The fraction of sp³-hybridized carbons (Fsp3) is 0.870. The third kappa shape index (κ3) is 3.65. The summed E-state index contributed by atoms with van der Waals surface area (Å²) in [5.74, 6) is 1.77. The van der Waals surface area contributed by atoms with E-state index in [1.165, 1.54) is 6.42 Å². The lowest BCUT2D eigenvalue weighted by Gasteiger charge is -2.63. The smallest absolute Gasteiger partial charge is 0.211 e. The van der Waals surface area contributed by atoms with Crippen LogP contribution in [0.2, 0.25) is 0 Å². The molecule has 0 aromatic heterocycles. The van der Waals surface area contributed by atoms with Crippen LogP contribution in [0.5, 0.6) is 0 Å². The van der Waals surface area contributed by atoms with Crippen LogP contribution >= 0.6 is 0 Å². The third-order valence-electron chi connectivity index (χ3n) is 9.59. The molecule has 0 spiro atoms. The second-order valence-electron chi connectivity index (χ2n) is 10.8. The first-order chi connectivity index (χ1) is 14.7. The van der Waals surface area contributed by atoms with Crippen molar-refractivity contribution in [3.05, 3.63) is 0 Å². The molecule has 7 atom stereocenters. The Morgan fingerprint density at radius 2 is 1.94 bits per heavy atom. The maximum atomic E-state index is 12.1. The average Bonchev–Trinajstić information content (AvgIpc) is 3.00. The maximum absolute atomic E-state index is 12.1. The molecule has 0 heterocycles. The van der Waals surface area contributed by atoms with Crippen molar-refractivity contribution < 1.29 is 9.94 Å². The molecule has 0 aromatic rings. The van der Waals surface area contributed by atoms with Crippen molar-refractivity contribution in [2.45, 2.75) is 77.2 Å². The van der Waals surface area contributed by atoms with Crippen molar-refractivity contribution in [2.24, 2.45) is 67.1 Å². The molecule has 7 N–H and O–H groups in total. The maximum Gasteiger partial charge on any atom is 0.211 e.